The number of urea groups is 1. The van der Waals surface area contributed by atoms with Gasteiger partial charge in [0.15, 0.2) is 5.82 Å². The van der Waals surface area contributed by atoms with Crippen molar-refractivity contribution < 1.29 is 18.8 Å². The first-order valence-electron chi connectivity index (χ1n) is 7.48. The van der Waals surface area contributed by atoms with Gasteiger partial charge in [-0.15, -0.1) is 0 Å². The van der Waals surface area contributed by atoms with Crippen LogP contribution in [0.3, 0.4) is 0 Å². The van der Waals surface area contributed by atoms with Crippen molar-refractivity contribution in [2.45, 2.75) is 25.5 Å². The first kappa shape index (κ1) is 16.5. The molecule has 3 rings (SSSR count). The number of carbonyl (C=O) groups excluding carboxylic acids is 1. The van der Waals surface area contributed by atoms with E-state index in [1.165, 1.54) is 7.11 Å². The molecule has 0 bridgehead atoms. The van der Waals surface area contributed by atoms with Crippen molar-refractivity contribution in [3.8, 4) is 5.75 Å². The summed E-state index contributed by atoms with van der Waals surface area (Å²) in [6.45, 7) is 0.829. The lowest BCUT2D eigenvalue weighted by molar-refractivity contribution is 0.0835. The highest BCUT2D eigenvalue weighted by atomic mass is 35.5. The van der Waals surface area contributed by atoms with Gasteiger partial charge in [0.2, 0.25) is 0 Å². The number of amides is 2. The van der Waals surface area contributed by atoms with Crippen LogP contribution >= 0.6 is 11.6 Å². The van der Waals surface area contributed by atoms with Gasteiger partial charge in [-0.3, -0.25) is 0 Å². The lowest BCUT2D eigenvalue weighted by atomic mass is 10.2. The maximum absolute atomic E-state index is 12.0. The summed E-state index contributed by atoms with van der Waals surface area (Å²) in [5.41, 5.74) is 0.468. The highest BCUT2D eigenvalue weighted by Crippen LogP contribution is 2.28. The number of carbonyl (C=O) groups is 1. The number of hydrogen-bond acceptors (Lipinski definition) is 6. The highest BCUT2D eigenvalue weighted by Gasteiger charge is 2.23. The third-order valence-electron chi connectivity index (χ3n) is 3.51. The molecule has 1 aromatic heterocycles. The average Bonchev–Trinajstić information content (AvgIpc) is 3.24. The fraction of sp³-hybridized carbons (Fsp3) is 0.400. The van der Waals surface area contributed by atoms with Gasteiger partial charge in [0, 0.05) is 11.6 Å². The molecule has 1 aliphatic rings. The van der Waals surface area contributed by atoms with E-state index in [1.807, 2.05) is 0 Å². The van der Waals surface area contributed by atoms with E-state index >= 15 is 0 Å². The molecule has 1 aromatic carbocycles. The van der Waals surface area contributed by atoms with Crippen molar-refractivity contribution in [2.75, 3.05) is 19.0 Å². The van der Waals surface area contributed by atoms with Gasteiger partial charge in [-0.1, -0.05) is 16.8 Å². The molecule has 0 unspecified atom stereocenters. The molecule has 2 aromatic rings. The van der Waals surface area contributed by atoms with Crippen LogP contribution in [0.1, 0.15) is 30.7 Å². The minimum Gasteiger partial charge on any atom is -0.495 e. The van der Waals surface area contributed by atoms with Crippen LogP contribution in [-0.4, -0.2) is 29.9 Å². The zero-order chi connectivity index (χ0) is 16.9. The minimum absolute atomic E-state index is 0.130. The minimum atomic E-state index is -0.431. The normalized spacial score (nSPS) is 16.8. The van der Waals surface area contributed by atoms with Crippen LogP contribution in [0.2, 0.25) is 5.02 Å². The van der Waals surface area contributed by atoms with Gasteiger partial charge >= 0.3 is 6.03 Å². The van der Waals surface area contributed by atoms with Crippen LogP contribution in [-0.2, 0) is 11.3 Å². The van der Waals surface area contributed by atoms with Gasteiger partial charge in [0.05, 0.1) is 19.3 Å². The Morgan fingerprint density at radius 1 is 1.50 bits per heavy atom. The summed E-state index contributed by atoms with van der Waals surface area (Å²) in [4.78, 5) is 16.2. The Morgan fingerprint density at radius 3 is 3.12 bits per heavy atom. The Kier molecular flexibility index (Phi) is 5.17. The third kappa shape index (κ3) is 3.95. The fourth-order valence-corrected chi connectivity index (χ4v) is 2.52. The predicted molar refractivity (Wildman–Crippen MR) is 86.1 cm³/mol. The second-order valence-electron chi connectivity index (χ2n) is 5.20. The topological polar surface area (TPSA) is 98.5 Å². The Balaban J connectivity index is 1.55. The summed E-state index contributed by atoms with van der Waals surface area (Å²) >= 11 is 5.92. The number of nitrogens with one attached hydrogen (secondary N) is 2. The molecular weight excluding hydrogens is 336 g/mol. The SMILES string of the molecule is COc1ccc(Cl)cc1NC(=O)NCc1noc([C@H]2CCCO2)n1. The fourth-order valence-electron chi connectivity index (χ4n) is 2.35. The van der Waals surface area contributed by atoms with Crippen LogP contribution in [0.4, 0.5) is 10.5 Å². The molecule has 1 saturated heterocycles. The second-order valence-corrected chi connectivity index (χ2v) is 5.64. The molecule has 8 nitrogen and oxygen atoms in total. The number of halogens is 1. The monoisotopic (exact) mass is 352 g/mol. The average molecular weight is 353 g/mol. The molecule has 1 fully saturated rings. The molecular formula is C15H17ClN4O4. The molecule has 2 N–H and O–H groups in total. The molecule has 1 aliphatic heterocycles. The van der Waals surface area contributed by atoms with E-state index < -0.39 is 6.03 Å². The van der Waals surface area contributed by atoms with E-state index in [1.54, 1.807) is 18.2 Å². The van der Waals surface area contributed by atoms with Crippen molar-refractivity contribution in [1.29, 1.82) is 0 Å². The molecule has 128 valence electrons. The summed E-state index contributed by atoms with van der Waals surface area (Å²) in [6, 6.07) is 4.52. The van der Waals surface area contributed by atoms with Crippen molar-refractivity contribution in [3.63, 3.8) is 0 Å². The summed E-state index contributed by atoms with van der Waals surface area (Å²) in [6.07, 6.45) is 1.70. The Hall–Kier alpha value is -2.32. The summed E-state index contributed by atoms with van der Waals surface area (Å²) in [5.74, 6) is 1.34. The van der Waals surface area contributed by atoms with E-state index in [-0.39, 0.29) is 12.6 Å². The Labute approximate surface area is 143 Å². The number of rotatable bonds is 5. The van der Waals surface area contributed by atoms with Crippen LogP contribution in [0.25, 0.3) is 0 Å². The summed E-state index contributed by atoms with van der Waals surface area (Å²) in [7, 11) is 1.51. The first-order valence-corrected chi connectivity index (χ1v) is 7.86. The van der Waals surface area contributed by atoms with Gasteiger partial charge in [0.1, 0.15) is 11.9 Å². The lowest BCUT2D eigenvalue weighted by Crippen LogP contribution is -2.28. The number of aromatic nitrogens is 2. The van der Waals surface area contributed by atoms with Gasteiger partial charge < -0.3 is 24.6 Å². The van der Waals surface area contributed by atoms with Gasteiger partial charge in [0.25, 0.3) is 5.89 Å². The van der Waals surface area contributed by atoms with Gasteiger partial charge in [-0.05, 0) is 31.0 Å². The van der Waals surface area contributed by atoms with E-state index in [9.17, 15) is 4.79 Å². The molecule has 9 heteroatoms. The van der Waals surface area contributed by atoms with E-state index in [0.717, 1.165) is 12.8 Å². The van der Waals surface area contributed by atoms with Crippen molar-refractivity contribution in [2.24, 2.45) is 0 Å². The molecule has 0 spiro atoms. The van der Waals surface area contributed by atoms with Gasteiger partial charge in [-0.2, -0.15) is 4.98 Å². The number of methoxy groups -OCH3 is 1. The molecule has 2 amide bonds. The van der Waals surface area contributed by atoms with E-state index in [2.05, 4.69) is 20.8 Å². The smallest absolute Gasteiger partial charge is 0.319 e. The second kappa shape index (κ2) is 7.50. The van der Waals surface area contributed by atoms with E-state index in [0.29, 0.717) is 34.8 Å². The van der Waals surface area contributed by atoms with E-state index in [4.69, 9.17) is 25.6 Å². The summed E-state index contributed by atoms with van der Waals surface area (Å²) < 4.78 is 15.8. The number of hydrogen-bond donors (Lipinski definition) is 2. The van der Waals surface area contributed by atoms with Crippen LogP contribution < -0.4 is 15.4 Å². The van der Waals surface area contributed by atoms with Crippen molar-refractivity contribution >= 4 is 23.3 Å². The number of ether oxygens (including phenoxy) is 2. The maximum atomic E-state index is 12.0. The largest absolute Gasteiger partial charge is 0.495 e. The summed E-state index contributed by atoms with van der Waals surface area (Å²) in [5, 5.41) is 9.64. The van der Waals surface area contributed by atoms with Crippen LogP contribution in [0, 0.1) is 0 Å². The molecule has 0 saturated carbocycles. The zero-order valence-electron chi connectivity index (χ0n) is 13.0. The zero-order valence-corrected chi connectivity index (χ0v) is 13.8. The lowest BCUT2D eigenvalue weighted by Gasteiger charge is -2.10. The molecule has 24 heavy (non-hydrogen) atoms. The highest BCUT2D eigenvalue weighted by molar-refractivity contribution is 6.31. The molecule has 1 atom stereocenters. The Bertz CT molecular complexity index is 715. The van der Waals surface area contributed by atoms with Crippen molar-refractivity contribution in [3.05, 3.63) is 34.9 Å². The Morgan fingerprint density at radius 2 is 2.38 bits per heavy atom. The van der Waals surface area contributed by atoms with Crippen LogP contribution in [0.5, 0.6) is 5.75 Å². The maximum Gasteiger partial charge on any atom is 0.319 e. The standard InChI is InChI=1S/C15H17ClN4O4/c1-22-11-5-4-9(16)7-10(11)18-15(21)17-8-13-19-14(24-20-13)12-3-2-6-23-12/h4-5,7,12H,2-3,6,8H2,1H3,(H2,17,18,21)/t12-/m1/s1. The quantitative estimate of drug-likeness (QED) is 0.858. The first-order chi connectivity index (χ1) is 11.7. The number of nitrogens with zero attached hydrogens (tertiary/aromatic N) is 2. The predicted octanol–water partition coefficient (Wildman–Crippen LogP) is 2.90. The number of anilines is 1. The molecule has 0 aliphatic carbocycles. The molecule has 0 radical (unpaired) electrons. The van der Waals surface area contributed by atoms with Crippen LogP contribution in [0.15, 0.2) is 22.7 Å². The molecule has 2 heterocycles. The third-order valence-corrected chi connectivity index (χ3v) is 3.74. The number of benzene rings is 1. The van der Waals surface area contributed by atoms with Crippen molar-refractivity contribution in [1.82, 2.24) is 15.5 Å². The van der Waals surface area contributed by atoms with Gasteiger partial charge in [-0.25, -0.2) is 4.79 Å².